The Bertz CT molecular complexity index is 835. The fraction of sp³-hybridized carbons (Fsp3) is 0.316. The number of amides is 1. The molecule has 1 saturated heterocycles. The van der Waals surface area contributed by atoms with Gasteiger partial charge in [-0.25, -0.2) is 0 Å². The monoisotopic (exact) mass is 433 g/mol. The molecule has 1 aliphatic heterocycles. The second kappa shape index (κ2) is 8.49. The van der Waals surface area contributed by atoms with E-state index in [9.17, 15) is 14.9 Å². The summed E-state index contributed by atoms with van der Waals surface area (Å²) in [7, 11) is 0. The summed E-state index contributed by atoms with van der Waals surface area (Å²) in [6, 6.07) is 11.8. The fourth-order valence-corrected chi connectivity index (χ4v) is 3.27. The third-order valence-corrected chi connectivity index (χ3v) is 5.03. The van der Waals surface area contributed by atoms with Crippen molar-refractivity contribution in [1.29, 1.82) is 0 Å². The highest BCUT2D eigenvalue weighted by atomic mass is 79.9. The summed E-state index contributed by atoms with van der Waals surface area (Å²) < 4.78 is 6.32. The number of hydrogen-bond acceptors (Lipinski definition) is 5. The van der Waals surface area contributed by atoms with Crippen molar-refractivity contribution >= 4 is 33.2 Å². The molecule has 27 heavy (non-hydrogen) atoms. The van der Waals surface area contributed by atoms with Crippen LogP contribution in [0.4, 0.5) is 11.4 Å². The second-order valence-corrected chi connectivity index (χ2v) is 7.22. The molecular formula is C19H20BrN3O4. The van der Waals surface area contributed by atoms with E-state index >= 15 is 0 Å². The van der Waals surface area contributed by atoms with Crippen LogP contribution in [-0.2, 0) is 4.74 Å². The van der Waals surface area contributed by atoms with Crippen molar-refractivity contribution in [2.24, 2.45) is 0 Å². The van der Waals surface area contributed by atoms with Gasteiger partial charge in [-0.1, -0.05) is 28.1 Å². The fourth-order valence-electron chi connectivity index (χ4n) is 3.01. The van der Waals surface area contributed by atoms with Crippen molar-refractivity contribution in [1.82, 2.24) is 5.32 Å². The number of non-ortho nitro benzene ring substituents is 1. The van der Waals surface area contributed by atoms with E-state index < -0.39 is 4.92 Å². The summed E-state index contributed by atoms with van der Waals surface area (Å²) in [5.41, 5.74) is 1.83. The Hall–Kier alpha value is -2.45. The first-order chi connectivity index (χ1) is 13.0. The summed E-state index contributed by atoms with van der Waals surface area (Å²) in [4.78, 5) is 25.6. The molecule has 0 bridgehead atoms. The molecule has 2 aromatic carbocycles. The van der Waals surface area contributed by atoms with Gasteiger partial charge in [0.2, 0.25) is 0 Å². The summed E-state index contributed by atoms with van der Waals surface area (Å²) >= 11 is 3.39. The minimum Gasteiger partial charge on any atom is -0.378 e. The smallest absolute Gasteiger partial charge is 0.270 e. The molecule has 0 spiro atoms. The van der Waals surface area contributed by atoms with Crippen LogP contribution in [0, 0.1) is 10.1 Å². The molecule has 1 heterocycles. The number of nitrogens with zero attached hydrogens (tertiary/aromatic N) is 2. The number of morpholine rings is 1. The number of nitro groups is 1. The van der Waals surface area contributed by atoms with Gasteiger partial charge in [0, 0.05) is 29.7 Å². The van der Waals surface area contributed by atoms with Gasteiger partial charge < -0.3 is 15.0 Å². The first-order valence-electron chi connectivity index (χ1n) is 8.63. The average Bonchev–Trinajstić information content (AvgIpc) is 2.68. The molecule has 0 saturated carbocycles. The number of ether oxygens (including phenoxy) is 1. The SMILES string of the molecule is CC(NC(=O)c1cc([N+](=O)[O-])ccc1N1CCOCC1)c1ccc(Br)cc1. The average molecular weight is 434 g/mol. The number of rotatable bonds is 5. The standard InChI is InChI=1S/C19H20BrN3O4/c1-13(14-2-4-15(20)5-3-14)21-19(24)17-12-16(23(25)26)6-7-18(17)22-8-10-27-11-9-22/h2-7,12-13H,8-11H2,1H3,(H,21,24). The Balaban J connectivity index is 1.87. The van der Waals surface area contributed by atoms with Crippen LogP contribution in [0.15, 0.2) is 46.9 Å². The lowest BCUT2D eigenvalue weighted by Gasteiger charge is -2.30. The molecule has 8 heteroatoms. The van der Waals surface area contributed by atoms with Gasteiger partial charge in [0.1, 0.15) is 0 Å². The maximum atomic E-state index is 12.9. The Morgan fingerprint density at radius 1 is 1.22 bits per heavy atom. The highest BCUT2D eigenvalue weighted by Gasteiger charge is 2.23. The van der Waals surface area contributed by atoms with Gasteiger partial charge >= 0.3 is 0 Å². The third-order valence-electron chi connectivity index (χ3n) is 4.50. The lowest BCUT2D eigenvalue weighted by molar-refractivity contribution is -0.384. The molecule has 1 N–H and O–H groups in total. The van der Waals surface area contributed by atoms with Crippen molar-refractivity contribution in [3.63, 3.8) is 0 Å². The molecule has 1 unspecified atom stereocenters. The number of anilines is 1. The number of nitro benzene ring substituents is 1. The first-order valence-corrected chi connectivity index (χ1v) is 9.42. The van der Waals surface area contributed by atoms with Gasteiger partial charge in [-0.3, -0.25) is 14.9 Å². The van der Waals surface area contributed by atoms with E-state index in [1.807, 2.05) is 36.1 Å². The molecule has 1 aliphatic rings. The maximum Gasteiger partial charge on any atom is 0.270 e. The van der Waals surface area contributed by atoms with Crippen LogP contribution >= 0.6 is 15.9 Å². The Morgan fingerprint density at radius 3 is 2.52 bits per heavy atom. The zero-order valence-corrected chi connectivity index (χ0v) is 16.4. The van der Waals surface area contributed by atoms with Crippen LogP contribution in [0.2, 0.25) is 0 Å². The summed E-state index contributed by atoms with van der Waals surface area (Å²) in [5, 5.41) is 14.1. The van der Waals surface area contributed by atoms with Crippen LogP contribution < -0.4 is 10.2 Å². The number of nitrogens with one attached hydrogen (secondary N) is 1. The molecule has 7 nitrogen and oxygen atoms in total. The topological polar surface area (TPSA) is 84.7 Å². The van der Waals surface area contributed by atoms with E-state index in [0.717, 1.165) is 10.0 Å². The molecule has 142 valence electrons. The van der Waals surface area contributed by atoms with Crippen LogP contribution in [0.5, 0.6) is 0 Å². The number of halogens is 1. The van der Waals surface area contributed by atoms with Crippen LogP contribution in [0.25, 0.3) is 0 Å². The quantitative estimate of drug-likeness (QED) is 0.573. The lowest BCUT2D eigenvalue weighted by Crippen LogP contribution is -2.38. The van der Waals surface area contributed by atoms with Crippen LogP contribution in [-0.4, -0.2) is 37.1 Å². The number of hydrogen-bond donors (Lipinski definition) is 1. The van der Waals surface area contributed by atoms with Gasteiger partial charge in [-0.15, -0.1) is 0 Å². The van der Waals surface area contributed by atoms with Gasteiger partial charge in [0.25, 0.3) is 11.6 Å². The highest BCUT2D eigenvalue weighted by Crippen LogP contribution is 2.27. The highest BCUT2D eigenvalue weighted by molar-refractivity contribution is 9.10. The molecule has 0 aliphatic carbocycles. The molecule has 1 amide bonds. The van der Waals surface area contributed by atoms with E-state index in [4.69, 9.17) is 4.74 Å². The second-order valence-electron chi connectivity index (χ2n) is 6.30. The Labute approximate surface area is 165 Å². The van der Waals surface area contributed by atoms with Crippen molar-refractivity contribution in [3.8, 4) is 0 Å². The van der Waals surface area contributed by atoms with Crippen molar-refractivity contribution in [3.05, 3.63) is 68.2 Å². The Morgan fingerprint density at radius 2 is 1.89 bits per heavy atom. The number of benzene rings is 2. The summed E-state index contributed by atoms with van der Waals surface area (Å²) in [6.45, 7) is 4.29. The number of carbonyl (C=O) groups excluding carboxylic acids is 1. The van der Waals surface area contributed by atoms with E-state index in [1.165, 1.54) is 12.1 Å². The first kappa shape index (κ1) is 19.3. The molecule has 1 fully saturated rings. The van der Waals surface area contributed by atoms with E-state index in [-0.39, 0.29) is 17.6 Å². The van der Waals surface area contributed by atoms with E-state index in [0.29, 0.717) is 37.6 Å². The minimum atomic E-state index is -0.488. The van der Waals surface area contributed by atoms with Gasteiger partial charge in [-0.2, -0.15) is 0 Å². The maximum absolute atomic E-state index is 12.9. The molecular weight excluding hydrogens is 414 g/mol. The molecule has 2 aromatic rings. The molecule has 0 aromatic heterocycles. The Kier molecular flexibility index (Phi) is 6.08. The van der Waals surface area contributed by atoms with Gasteiger partial charge in [0.05, 0.1) is 35.4 Å². The molecule has 0 radical (unpaired) electrons. The summed E-state index contributed by atoms with van der Waals surface area (Å²) in [6.07, 6.45) is 0. The lowest BCUT2D eigenvalue weighted by atomic mass is 10.1. The number of carbonyl (C=O) groups is 1. The third kappa shape index (κ3) is 4.64. The van der Waals surface area contributed by atoms with Gasteiger partial charge in [0.15, 0.2) is 0 Å². The van der Waals surface area contributed by atoms with E-state index in [2.05, 4.69) is 21.2 Å². The predicted octanol–water partition coefficient (Wildman–Crippen LogP) is 3.68. The van der Waals surface area contributed by atoms with Gasteiger partial charge in [-0.05, 0) is 30.7 Å². The van der Waals surface area contributed by atoms with Crippen LogP contribution in [0.3, 0.4) is 0 Å². The molecule has 3 rings (SSSR count). The predicted molar refractivity (Wildman–Crippen MR) is 106 cm³/mol. The summed E-state index contributed by atoms with van der Waals surface area (Å²) in [5.74, 6) is -0.337. The zero-order valence-electron chi connectivity index (χ0n) is 14.9. The van der Waals surface area contributed by atoms with Crippen molar-refractivity contribution < 1.29 is 14.5 Å². The van der Waals surface area contributed by atoms with Crippen molar-refractivity contribution in [2.75, 3.05) is 31.2 Å². The normalized spacial score (nSPS) is 15.3. The van der Waals surface area contributed by atoms with E-state index in [1.54, 1.807) is 6.07 Å². The minimum absolute atomic E-state index is 0.103. The molecule has 1 atom stereocenters. The zero-order chi connectivity index (χ0) is 19.4. The van der Waals surface area contributed by atoms with Crippen molar-refractivity contribution in [2.45, 2.75) is 13.0 Å². The largest absolute Gasteiger partial charge is 0.378 e. The van der Waals surface area contributed by atoms with Crippen LogP contribution in [0.1, 0.15) is 28.9 Å².